The number of nitrogens with zero attached hydrogens (tertiary/aromatic N) is 1. The molecule has 5 heteroatoms. The van der Waals surface area contributed by atoms with Crippen LogP contribution >= 0.6 is 0 Å². The summed E-state index contributed by atoms with van der Waals surface area (Å²) in [6.07, 6.45) is 5.44. The van der Waals surface area contributed by atoms with E-state index in [4.69, 9.17) is 4.74 Å². The fraction of sp³-hybridized carbons (Fsp3) is 0.409. The molecule has 2 amide bonds. The van der Waals surface area contributed by atoms with Crippen LogP contribution in [-0.2, 0) is 24.1 Å². The number of aryl methyl sites for hydroxylation is 2. The van der Waals surface area contributed by atoms with Crippen LogP contribution in [0.3, 0.4) is 0 Å². The van der Waals surface area contributed by atoms with Gasteiger partial charge in [0.25, 0.3) is 0 Å². The lowest BCUT2D eigenvalue weighted by Gasteiger charge is -2.26. The summed E-state index contributed by atoms with van der Waals surface area (Å²) in [5.41, 5.74) is 4.28. The van der Waals surface area contributed by atoms with E-state index in [0.29, 0.717) is 13.1 Å². The Morgan fingerprint density at radius 1 is 1.15 bits per heavy atom. The van der Waals surface area contributed by atoms with Gasteiger partial charge in [0.15, 0.2) is 0 Å². The van der Waals surface area contributed by atoms with Crippen molar-refractivity contribution in [3.8, 4) is 5.75 Å². The van der Waals surface area contributed by atoms with E-state index in [1.54, 1.807) is 17.0 Å². The molecule has 1 aliphatic heterocycles. The number of fused-ring (bicyclic) bond motifs is 1. The highest BCUT2D eigenvalue weighted by Crippen LogP contribution is 2.26. The summed E-state index contributed by atoms with van der Waals surface area (Å²) >= 11 is 0. The molecule has 1 atom stereocenters. The highest BCUT2D eigenvalue weighted by molar-refractivity contribution is 5.89. The molecule has 0 bridgehead atoms. The number of carbonyl (C=O) groups excluding carboxylic acids is 1. The third-order valence-electron chi connectivity index (χ3n) is 5.44. The van der Waals surface area contributed by atoms with Crippen molar-refractivity contribution < 1.29 is 14.6 Å². The third-order valence-corrected chi connectivity index (χ3v) is 5.44. The molecule has 1 heterocycles. The monoisotopic (exact) mass is 366 g/mol. The van der Waals surface area contributed by atoms with Gasteiger partial charge < -0.3 is 20.1 Å². The molecule has 2 aromatic carbocycles. The van der Waals surface area contributed by atoms with Crippen LogP contribution in [0, 0.1) is 0 Å². The van der Waals surface area contributed by atoms with Crippen LogP contribution in [-0.4, -0.2) is 35.3 Å². The number of aromatic hydroxyl groups is 1. The minimum Gasteiger partial charge on any atom is -0.508 e. The van der Waals surface area contributed by atoms with E-state index in [1.807, 2.05) is 18.2 Å². The molecule has 1 fully saturated rings. The Morgan fingerprint density at radius 2 is 2.00 bits per heavy atom. The van der Waals surface area contributed by atoms with Crippen LogP contribution in [0.25, 0.3) is 0 Å². The molecule has 4 rings (SSSR count). The largest absolute Gasteiger partial charge is 0.508 e. The molecule has 0 radical (unpaired) electrons. The first kappa shape index (κ1) is 17.9. The standard InChI is InChI=1S/C22H26N2O3/c25-21-9-2-1-5-18(21)14-24(15-20-8-4-12-27-20)22(26)23-19-11-10-16-6-3-7-17(16)13-19/h1-2,5,9-11,13,20,25H,3-4,6-8,12,14-15H2,(H,23,26). The molecule has 2 N–H and O–H groups in total. The zero-order valence-corrected chi connectivity index (χ0v) is 15.5. The summed E-state index contributed by atoms with van der Waals surface area (Å²) in [6, 6.07) is 13.2. The second kappa shape index (κ2) is 8.01. The average molecular weight is 366 g/mol. The van der Waals surface area contributed by atoms with Crippen LogP contribution in [0.2, 0.25) is 0 Å². The minimum absolute atomic E-state index is 0.0571. The van der Waals surface area contributed by atoms with Crippen LogP contribution in [0.1, 0.15) is 36.0 Å². The first-order valence-electron chi connectivity index (χ1n) is 9.75. The normalized spacial score (nSPS) is 18.3. The van der Waals surface area contributed by atoms with E-state index in [1.165, 1.54) is 17.5 Å². The smallest absolute Gasteiger partial charge is 0.322 e. The van der Waals surface area contributed by atoms with Crippen molar-refractivity contribution in [2.24, 2.45) is 0 Å². The van der Waals surface area contributed by atoms with Crippen molar-refractivity contribution in [2.45, 2.75) is 44.8 Å². The maximum Gasteiger partial charge on any atom is 0.322 e. The maximum atomic E-state index is 13.0. The van der Waals surface area contributed by atoms with Crippen LogP contribution in [0.4, 0.5) is 10.5 Å². The molecule has 2 aromatic rings. The number of phenols is 1. The Kier molecular flexibility index (Phi) is 5.30. The van der Waals surface area contributed by atoms with Crippen molar-refractivity contribution in [1.29, 1.82) is 0 Å². The zero-order chi connectivity index (χ0) is 18.6. The molecular formula is C22H26N2O3. The summed E-state index contributed by atoms with van der Waals surface area (Å²) in [7, 11) is 0. The highest BCUT2D eigenvalue weighted by Gasteiger charge is 2.24. The number of ether oxygens (including phenoxy) is 1. The van der Waals surface area contributed by atoms with E-state index < -0.39 is 0 Å². The Balaban J connectivity index is 1.49. The molecular weight excluding hydrogens is 340 g/mol. The Labute approximate surface area is 160 Å². The lowest BCUT2D eigenvalue weighted by Crippen LogP contribution is -2.39. The lowest BCUT2D eigenvalue weighted by molar-refractivity contribution is 0.0817. The van der Waals surface area contributed by atoms with Gasteiger partial charge in [-0.15, -0.1) is 0 Å². The van der Waals surface area contributed by atoms with E-state index in [2.05, 4.69) is 17.4 Å². The molecule has 0 saturated carbocycles. The van der Waals surface area contributed by atoms with Crippen molar-refractivity contribution in [1.82, 2.24) is 4.90 Å². The third kappa shape index (κ3) is 4.25. The van der Waals surface area contributed by atoms with Crippen molar-refractivity contribution in [3.63, 3.8) is 0 Å². The molecule has 0 aromatic heterocycles. The fourth-order valence-electron chi connectivity index (χ4n) is 3.96. The summed E-state index contributed by atoms with van der Waals surface area (Å²) in [6.45, 7) is 1.62. The number of benzene rings is 2. The van der Waals surface area contributed by atoms with Crippen molar-refractivity contribution in [3.05, 3.63) is 59.2 Å². The number of anilines is 1. The number of amides is 2. The van der Waals surface area contributed by atoms with E-state index >= 15 is 0 Å². The predicted molar refractivity (Wildman–Crippen MR) is 105 cm³/mol. The topological polar surface area (TPSA) is 61.8 Å². The molecule has 2 aliphatic rings. The Morgan fingerprint density at radius 3 is 2.81 bits per heavy atom. The van der Waals surface area contributed by atoms with Gasteiger partial charge in [-0.3, -0.25) is 0 Å². The summed E-state index contributed by atoms with van der Waals surface area (Å²) in [5.74, 6) is 0.208. The first-order valence-corrected chi connectivity index (χ1v) is 9.75. The van der Waals surface area contributed by atoms with Crippen LogP contribution in [0.15, 0.2) is 42.5 Å². The number of para-hydroxylation sites is 1. The number of phenolic OH excluding ortho intramolecular Hbond substituents is 1. The Hall–Kier alpha value is -2.53. The number of carbonyl (C=O) groups is 1. The van der Waals surface area contributed by atoms with Gasteiger partial charge in [0.05, 0.1) is 12.6 Å². The quantitative estimate of drug-likeness (QED) is 0.838. The predicted octanol–water partition coefficient (Wildman–Crippen LogP) is 4.09. The number of rotatable bonds is 5. The fourth-order valence-corrected chi connectivity index (χ4v) is 3.96. The van der Waals surface area contributed by atoms with Gasteiger partial charge in [0.1, 0.15) is 5.75 Å². The van der Waals surface area contributed by atoms with Gasteiger partial charge in [-0.2, -0.15) is 0 Å². The SMILES string of the molecule is O=C(Nc1ccc2c(c1)CCC2)N(Cc1ccccc1O)CC1CCCO1. The second-order valence-corrected chi connectivity index (χ2v) is 7.41. The maximum absolute atomic E-state index is 13.0. The zero-order valence-electron chi connectivity index (χ0n) is 15.5. The van der Waals surface area contributed by atoms with E-state index in [-0.39, 0.29) is 17.9 Å². The molecule has 1 saturated heterocycles. The molecule has 27 heavy (non-hydrogen) atoms. The van der Waals surface area contributed by atoms with E-state index in [9.17, 15) is 9.90 Å². The first-order chi connectivity index (χ1) is 13.2. The highest BCUT2D eigenvalue weighted by atomic mass is 16.5. The van der Waals surface area contributed by atoms with Crippen molar-refractivity contribution in [2.75, 3.05) is 18.5 Å². The molecule has 142 valence electrons. The van der Waals surface area contributed by atoms with Crippen molar-refractivity contribution >= 4 is 11.7 Å². The van der Waals surface area contributed by atoms with Gasteiger partial charge in [-0.05, 0) is 61.4 Å². The lowest BCUT2D eigenvalue weighted by atomic mass is 10.1. The van der Waals surface area contributed by atoms with Gasteiger partial charge in [0.2, 0.25) is 0 Å². The summed E-state index contributed by atoms with van der Waals surface area (Å²) < 4.78 is 5.73. The summed E-state index contributed by atoms with van der Waals surface area (Å²) in [5, 5.41) is 13.1. The molecule has 1 aliphatic carbocycles. The van der Waals surface area contributed by atoms with Crippen LogP contribution < -0.4 is 5.32 Å². The molecule has 5 nitrogen and oxygen atoms in total. The molecule has 0 spiro atoms. The number of hydrogen-bond donors (Lipinski definition) is 2. The van der Waals surface area contributed by atoms with E-state index in [0.717, 1.165) is 43.5 Å². The van der Waals surface area contributed by atoms with Gasteiger partial charge in [0, 0.05) is 24.4 Å². The number of urea groups is 1. The van der Waals surface area contributed by atoms with Crippen LogP contribution in [0.5, 0.6) is 5.75 Å². The van der Waals surface area contributed by atoms with Gasteiger partial charge in [-0.1, -0.05) is 24.3 Å². The summed E-state index contributed by atoms with van der Waals surface area (Å²) in [4.78, 5) is 14.7. The minimum atomic E-state index is -0.160. The van der Waals surface area contributed by atoms with Gasteiger partial charge >= 0.3 is 6.03 Å². The number of hydrogen-bond acceptors (Lipinski definition) is 3. The second-order valence-electron chi connectivity index (χ2n) is 7.41. The Bertz CT molecular complexity index is 815. The average Bonchev–Trinajstić information content (AvgIpc) is 3.34. The molecule has 1 unspecified atom stereocenters. The van der Waals surface area contributed by atoms with Gasteiger partial charge in [-0.25, -0.2) is 4.79 Å². The number of nitrogens with one attached hydrogen (secondary N) is 1.